The van der Waals surface area contributed by atoms with Crippen molar-refractivity contribution in [1.82, 2.24) is 15.2 Å². The van der Waals surface area contributed by atoms with E-state index < -0.39 is 0 Å². The van der Waals surface area contributed by atoms with E-state index in [4.69, 9.17) is 0 Å². The molecule has 0 atom stereocenters. The number of hydrogen-bond donors (Lipinski definition) is 2. The number of carbonyl (C=O) groups excluding carboxylic acids is 1. The summed E-state index contributed by atoms with van der Waals surface area (Å²) in [5.41, 5.74) is 0.887. The summed E-state index contributed by atoms with van der Waals surface area (Å²) in [5, 5.41) is 20.6. The van der Waals surface area contributed by atoms with Crippen LogP contribution < -0.4 is 10.2 Å². The molecule has 1 aliphatic heterocycles. The molecule has 0 spiro atoms. The van der Waals surface area contributed by atoms with E-state index in [2.05, 4.69) is 25.4 Å². The van der Waals surface area contributed by atoms with Gasteiger partial charge in [0.05, 0.1) is 5.69 Å². The van der Waals surface area contributed by atoms with Crippen molar-refractivity contribution in [2.45, 2.75) is 19.8 Å². The third-order valence-corrected chi connectivity index (χ3v) is 4.00. The highest BCUT2D eigenvalue weighted by Crippen LogP contribution is 2.24. The second kappa shape index (κ2) is 6.60. The van der Waals surface area contributed by atoms with Gasteiger partial charge in [0, 0.05) is 25.2 Å². The van der Waals surface area contributed by atoms with Gasteiger partial charge in [0.15, 0.2) is 17.4 Å². The number of aryl methyl sites for hydroxylation is 1. The Morgan fingerprint density at radius 2 is 2.04 bits per heavy atom. The number of nitrogens with one attached hydrogen (secondary N) is 1. The molecule has 120 valence electrons. The lowest BCUT2D eigenvalue weighted by molar-refractivity contribution is -0.120. The zero-order chi connectivity index (χ0) is 16.2. The molecule has 1 aliphatic rings. The van der Waals surface area contributed by atoms with E-state index in [1.807, 2.05) is 19.1 Å². The van der Waals surface area contributed by atoms with Crippen molar-refractivity contribution in [3.8, 4) is 5.75 Å². The molecular formula is C16H19N5O2. The van der Waals surface area contributed by atoms with E-state index in [1.54, 1.807) is 6.07 Å². The van der Waals surface area contributed by atoms with Gasteiger partial charge in [-0.1, -0.05) is 0 Å². The van der Waals surface area contributed by atoms with Gasteiger partial charge in [0.25, 0.3) is 0 Å². The Bertz CT molecular complexity index is 681. The maximum Gasteiger partial charge on any atom is 0.228 e. The van der Waals surface area contributed by atoms with Crippen LogP contribution in [-0.2, 0) is 4.79 Å². The predicted molar refractivity (Wildman–Crippen MR) is 86.2 cm³/mol. The molecule has 0 saturated carbocycles. The van der Waals surface area contributed by atoms with Gasteiger partial charge in [-0.05, 0) is 44.0 Å². The number of pyridine rings is 1. The highest BCUT2D eigenvalue weighted by Gasteiger charge is 2.26. The molecule has 2 aromatic heterocycles. The number of anilines is 2. The molecule has 0 bridgehead atoms. The smallest absolute Gasteiger partial charge is 0.228 e. The Hall–Kier alpha value is -2.70. The van der Waals surface area contributed by atoms with Crippen LogP contribution in [0.1, 0.15) is 18.5 Å². The summed E-state index contributed by atoms with van der Waals surface area (Å²) in [6.45, 7) is 3.41. The molecule has 0 radical (unpaired) electrons. The first-order valence-electron chi connectivity index (χ1n) is 7.63. The standard InChI is InChI=1S/C16H19N5O2/c1-11-4-5-14(20-19-11)21-9-6-12(7-10-21)16(23)18-15-13(22)3-2-8-17-15/h2-5,8,12,22H,6-7,9-10H2,1H3,(H,17,18,23). The highest BCUT2D eigenvalue weighted by molar-refractivity contribution is 5.92. The minimum Gasteiger partial charge on any atom is -0.504 e. The van der Waals surface area contributed by atoms with Crippen LogP contribution in [0, 0.1) is 12.8 Å². The monoisotopic (exact) mass is 313 g/mol. The molecule has 1 saturated heterocycles. The molecule has 0 aromatic carbocycles. The second-order valence-corrected chi connectivity index (χ2v) is 5.65. The third kappa shape index (κ3) is 3.56. The lowest BCUT2D eigenvalue weighted by atomic mass is 9.96. The minimum atomic E-state index is -0.103. The van der Waals surface area contributed by atoms with Crippen molar-refractivity contribution >= 4 is 17.5 Å². The topological polar surface area (TPSA) is 91.2 Å². The highest BCUT2D eigenvalue weighted by atomic mass is 16.3. The number of piperidine rings is 1. The number of amides is 1. The fourth-order valence-corrected chi connectivity index (χ4v) is 2.64. The predicted octanol–water partition coefficient (Wildman–Crippen LogP) is 1.74. The van der Waals surface area contributed by atoms with Crippen LogP contribution in [-0.4, -0.2) is 39.3 Å². The van der Waals surface area contributed by atoms with E-state index in [1.165, 1.54) is 12.3 Å². The van der Waals surface area contributed by atoms with Gasteiger partial charge in [-0.3, -0.25) is 4.79 Å². The number of nitrogens with zero attached hydrogens (tertiary/aromatic N) is 4. The van der Waals surface area contributed by atoms with Crippen LogP contribution in [0.2, 0.25) is 0 Å². The van der Waals surface area contributed by atoms with Gasteiger partial charge in [0.1, 0.15) is 0 Å². The van der Waals surface area contributed by atoms with Crippen LogP contribution in [0.15, 0.2) is 30.5 Å². The van der Waals surface area contributed by atoms with E-state index in [0.717, 1.165) is 37.4 Å². The molecule has 0 unspecified atom stereocenters. The van der Waals surface area contributed by atoms with E-state index in [0.29, 0.717) is 0 Å². The van der Waals surface area contributed by atoms with Gasteiger partial charge >= 0.3 is 0 Å². The fraction of sp³-hybridized carbons (Fsp3) is 0.375. The molecule has 2 aromatic rings. The molecule has 3 rings (SSSR count). The summed E-state index contributed by atoms with van der Waals surface area (Å²) in [6.07, 6.45) is 3.00. The lowest BCUT2D eigenvalue weighted by Crippen LogP contribution is -2.38. The van der Waals surface area contributed by atoms with Crippen LogP contribution in [0.25, 0.3) is 0 Å². The summed E-state index contributed by atoms with van der Waals surface area (Å²) in [5.74, 6) is 0.842. The first-order valence-corrected chi connectivity index (χ1v) is 7.63. The van der Waals surface area contributed by atoms with Gasteiger partial charge < -0.3 is 15.3 Å². The van der Waals surface area contributed by atoms with Crippen LogP contribution in [0.3, 0.4) is 0 Å². The molecular weight excluding hydrogens is 294 g/mol. The molecule has 23 heavy (non-hydrogen) atoms. The fourth-order valence-electron chi connectivity index (χ4n) is 2.64. The van der Waals surface area contributed by atoms with E-state index >= 15 is 0 Å². The maximum atomic E-state index is 12.3. The summed E-state index contributed by atoms with van der Waals surface area (Å²) >= 11 is 0. The van der Waals surface area contributed by atoms with Gasteiger partial charge in [-0.15, -0.1) is 5.10 Å². The summed E-state index contributed by atoms with van der Waals surface area (Å²) in [7, 11) is 0. The maximum absolute atomic E-state index is 12.3. The van der Waals surface area contributed by atoms with Gasteiger partial charge in [-0.25, -0.2) is 4.98 Å². The number of carbonyl (C=O) groups is 1. The van der Waals surface area contributed by atoms with Gasteiger partial charge in [-0.2, -0.15) is 5.10 Å². The first-order chi connectivity index (χ1) is 11.1. The molecule has 1 amide bonds. The molecule has 7 heteroatoms. The Morgan fingerprint density at radius 3 is 2.70 bits per heavy atom. The zero-order valence-corrected chi connectivity index (χ0v) is 12.9. The number of rotatable bonds is 3. The Morgan fingerprint density at radius 1 is 1.26 bits per heavy atom. The van der Waals surface area contributed by atoms with Crippen molar-refractivity contribution in [3.63, 3.8) is 0 Å². The number of aromatic nitrogens is 3. The van der Waals surface area contributed by atoms with E-state index in [-0.39, 0.29) is 23.4 Å². The molecule has 1 fully saturated rings. The van der Waals surface area contributed by atoms with Crippen molar-refractivity contribution in [1.29, 1.82) is 0 Å². The average molecular weight is 313 g/mol. The number of aromatic hydroxyl groups is 1. The normalized spacial score (nSPS) is 15.4. The van der Waals surface area contributed by atoms with E-state index in [9.17, 15) is 9.90 Å². The largest absolute Gasteiger partial charge is 0.504 e. The van der Waals surface area contributed by atoms with Gasteiger partial charge in [0.2, 0.25) is 5.91 Å². The Labute approximate surface area is 134 Å². The Balaban J connectivity index is 1.57. The van der Waals surface area contributed by atoms with Crippen molar-refractivity contribution in [3.05, 3.63) is 36.2 Å². The second-order valence-electron chi connectivity index (χ2n) is 5.65. The van der Waals surface area contributed by atoms with Crippen molar-refractivity contribution in [2.24, 2.45) is 5.92 Å². The third-order valence-electron chi connectivity index (χ3n) is 4.00. The Kier molecular flexibility index (Phi) is 4.36. The quantitative estimate of drug-likeness (QED) is 0.897. The zero-order valence-electron chi connectivity index (χ0n) is 12.9. The summed E-state index contributed by atoms with van der Waals surface area (Å²) in [4.78, 5) is 18.4. The average Bonchev–Trinajstić information content (AvgIpc) is 2.58. The molecule has 2 N–H and O–H groups in total. The van der Waals surface area contributed by atoms with Crippen LogP contribution in [0.5, 0.6) is 5.75 Å². The first kappa shape index (κ1) is 15.2. The lowest BCUT2D eigenvalue weighted by Gasteiger charge is -2.31. The molecule has 0 aliphatic carbocycles. The van der Waals surface area contributed by atoms with Crippen molar-refractivity contribution < 1.29 is 9.90 Å². The summed E-state index contributed by atoms with van der Waals surface area (Å²) in [6, 6.07) is 7.01. The SMILES string of the molecule is Cc1ccc(N2CCC(C(=O)Nc3ncccc3O)CC2)nn1. The molecule has 3 heterocycles. The van der Waals surface area contributed by atoms with Crippen molar-refractivity contribution in [2.75, 3.05) is 23.3 Å². The number of hydrogen-bond acceptors (Lipinski definition) is 6. The van der Waals surface area contributed by atoms with Crippen LogP contribution >= 0.6 is 0 Å². The summed E-state index contributed by atoms with van der Waals surface area (Å²) < 4.78 is 0. The molecule has 7 nitrogen and oxygen atoms in total. The minimum absolute atomic E-state index is 0.0202. The van der Waals surface area contributed by atoms with Crippen LogP contribution in [0.4, 0.5) is 11.6 Å².